The summed E-state index contributed by atoms with van der Waals surface area (Å²) < 4.78 is 5.28. The van der Waals surface area contributed by atoms with Gasteiger partial charge in [-0.1, -0.05) is 66.7 Å². The molecule has 1 atom stereocenters. The summed E-state index contributed by atoms with van der Waals surface area (Å²) in [4.78, 5) is 52.3. The molecule has 0 aromatic heterocycles. The molecule has 1 aliphatic heterocycles. The van der Waals surface area contributed by atoms with E-state index < -0.39 is 36.3 Å². The molecule has 3 aromatic rings. The second kappa shape index (κ2) is 10.8. The maximum Gasteiger partial charge on any atom is 0.330 e. The van der Waals surface area contributed by atoms with E-state index in [0.29, 0.717) is 13.0 Å². The lowest BCUT2D eigenvalue weighted by molar-refractivity contribution is -0.152. The number of nitrogens with zero attached hydrogens (tertiary/aromatic N) is 1. The molecule has 0 fully saturated rings. The van der Waals surface area contributed by atoms with Crippen LogP contribution in [-0.2, 0) is 27.2 Å². The Kier molecular flexibility index (Phi) is 7.35. The Bertz CT molecular complexity index is 1220. The summed E-state index contributed by atoms with van der Waals surface area (Å²) in [5.41, 5.74) is 3.51. The van der Waals surface area contributed by atoms with E-state index in [1.165, 1.54) is 0 Å². The molecular weight excluding hydrogens is 444 g/mol. The van der Waals surface area contributed by atoms with Crippen molar-refractivity contribution in [3.8, 4) is 0 Å². The first-order valence-corrected chi connectivity index (χ1v) is 11.4. The van der Waals surface area contributed by atoms with Gasteiger partial charge in [-0.3, -0.25) is 19.3 Å². The first kappa shape index (κ1) is 23.9. The second-order valence-electron chi connectivity index (χ2n) is 8.37. The fourth-order valence-electron chi connectivity index (χ4n) is 4.12. The summed E-state index contributed by atoms with van der Waals surface area (Å²) in [5.74, 6) is -2.36. The molecule has 3 amide bonds. The molecule has 3 aromatic carbocycles. The molecule has 1 N–H and O–H groups in total. The van der Waals surface area contributed by atoms with Crippen molar-refractivity contribution in [3.63, 3.8) is 0 Å². The van der Waals surface area contributed by atoms with Crippen molar-refractivity contribution >= 4 is 23.7 Å². The fourth-order valence-corrected chi connectivity index (χ4v) is 4.12. The van der Waals surface area contributed by atoms with E-state index in [1.54, 1.807) is 36.4 Å². The highest BCUT2D eigenvalue weighted by molar-refractivity contribution is 6.22. The molecule has 0 unspecified atom stereocenters. The highest BCUT2D eigenvalue weighted by atomic mass is 16.5. The topological polar surface area (TPSA) is 92.8 Å². The first-order chi connectivity index (χ1) is 17.0. The standard InChI is InChI=1S/C28H26N2O5/c1-19-9-5-6-12-21(19)15-16-29-25(31)18-35-28(34)24(17-20-10-3-2-4-11-20)30-26(32)22-13-7-8-14-23(22)27(30)33/h2-14,24H,15-18H2,1H3,(H,29,31)/t24-/m0/s1. The molecule has 0 aliphatic carbocycles. The zero-order valence-electron chi connectivity index (χ0n) is 19.4. The van der Waals surface area contributed by atoms with E-state index >= 15 is 0 Å². The van der Waals surface area contributed by atoms with Crippen molar-refractivity contribution < 1.29 is 23.9 Å². The molecule has 1 heterocycles. The lowest BCUT2D eigenvalue weighted by atomic mass is 10.0. The number of carbonyl (C=O) groups excluding carboxylic acids is 4. The summed E-state index contributed by atoms with van der Waals surface area (Å²) in [6.07, 6.45) is 0.734. The summed E-state index contributed by atoms with van der Waals surface area (Å²) in [6, 6.07) is 22.2. The number of hydrogen-bond acceptors (Lipinski definition) is 5. The molecule has 0 saturated heterocycles. The van der Waals surface area contributed by atoms with Crippen LogP contribution in [0.4, 0.5) is 0 Å². The van der Waals surface area contributed by atoms with Crippen LogP contribution in [0.1, 0.15) is 37.4 Å². The molecule has 1 aliphatic rings. The summed E-state index contributed by atoms with van der Waals surface area (Å²) >= 11 is 0. The Morgan fingerprint density at radius 1 is 0.857 bits per heavy atom. The number of benzene rings is 3. The number of imide groups is 1. The molecule has 0 bridgehead atoms. The summed E-state index contributed by atoms with van der Waals surface area (Å²) in [7, 11) is 0. The number of nitrogens with one attached hydrogen (secondary N) is 1. The molecule has 0 radical (unpaired) electrons. The number of rotatable bonds is 9. The van der Waals surface area contributed by atoms with E-state index in [1.807, 2.05) is 49.4 Å². The smallest absolute Gasteiger partial charge is 0.330 e. The van der Waals surface area contributed by atoms with Crippen LogP contribution in [0.2, 0.25) is 0 Å². The number of esters is 1. The zero-order valence-corrected chi connectivity index (χ0v) is 19.4. The molecular formula is C28H26N2O5. The van der Waals surface area contributed by atoms with Crippen molar-refractivity contribution in [1.29, 1.82) is 0 Å². The van der Waals surface area contributed by atoms with E-state index in [-0.39, 0.29) is 17.5 Å². The van der Waals surface area contributed by atoms with E-state index in [4.69, 9.17) is 4.74 Å². The average Bonchev–Trinajstić information content (AvgIpc) is 3.13. The predicted octanol–water partition coefficient (Wildman–Crippen LogP) is 3.10. The Hall–Kier alpha value is -4.26. The third-order valence-electron chi connectivity index (χ3n) is 6.00. The van der Waals surface area contributed by atoms with Gasteiger partial charge >= 0.3 is 5.97 Å². The van der Waals surface area contributed by atoms with Gasteiger partial charge in [0.25, 0.3) is 17.7 Å². The van der Waals surface area contributed by atoms with Crippen LogP contribution in [0, 0.1) is 6.92 Å². The van der Waals surface area contributed by atoms with Crippen LogP contribution < -0.4 is 5.32 Å². The van der Waals surface area contributed by atoms with Gasteiger partial charge in [0.05, 0.1) is 11.1 Å². The maximum absolute atomic E-state index is 13.1. The van der Waals surface area contributed by atoms with Gasteiger partial charge in [-0.05, 0) is 42.2 Å². The highest BCUT2D eigenvalue weighted by Crippen LogP contribution is 2.26. The van der Waals surface area contributed by atoms with Crippen LogP contribution in [0.5, 0.6) is 0 Å². The molecule has 4 rings (SSSR count). The predicted molar refractivity (Wildman–Crippen MR) is 130 cm³/mol. The van der Waals surface area contributed by atoms with E-state index in [0.717, 1.165) is 21.6 Å². The van der Waals surface area contributed by atoms with Gasteiger partial charge in [0, 0.05) is 13.0 Å². The highest BCUT2D eigenvalue weighted by Gasteiger charge is 2.43. The Morgan fingerprint density at radius 3 is 2.11 bits per heavy atom. The van der Waals surface area contributed by atoms with Gasteiger partial charge in [-0.15, -0.1) is 0 Å². The van der Waals surface area contributed by atoms with Crippen LogP contribution >= 0.6 is 0 Å². The average molecular weight is 471 g/mol. The molecule has 0 spiro atoms. The van der Waals surface area contributed by atoms with Gasteiger partial charge in [0.1, 0.15) is 6.04 Å². The summed E-state index contributed by atoms with van der Waals surface area (Å²) in [6.45, 7) is 1.90. The van der Waals surface area contributed by atoms with E-state index in [9.17, 15) is 19.2 Å². The molecule has 35 heavy (non-hydrogen) atoms. The van der Waals surface area contributed by atoms with Crippen LogP contribution in [0.3, 0.4) is 0 Å². The lowest BCUT2D eigenvalue weighted by Gasteiger charge is -2.24. The minimum atomic E-state index is -1.19. The quantitative estimate of drug-likeness (QED) is 0.383. The molecule has 0 saturated carbocycles. The van der Waals surface area contributed by atoms with Crippen molar-refractivity contribution in [1.82, 2.24) is 10.2 Å². The number of ether oxygens (including phenoxy) is 1. The van der Waals surface area contributed by atoms with Crippen LogP contribution in [0.15, 0.2) is 78.9 Å². The van der Waals surface area contributed by atoms with Crippen LogP contribution in [-0.4, -0.2) is 47.8 Å². The minimum Gasteiger partial charge on any atom is -0.454 e. The van der Waals surface area contributed by atoms with Gasteiger partial charge in [0.2, 0.25) is 0 Å². The van der Waals surface area contributed by atoms with Gasteiger partial charge in [0.15, 0.2) is 6.61 Å². The molecule has 7 nitrogen and oxygen atoms in total. The Balaban J connectivity index is 1.41. The largest absolute Gasteiger partial charge is 0.454 e. The van der Waals surface area contributed by atoms with Crippen molar-refractivity contribution in [2.24, 2.45) is 0 Å². The fraction of sp³-hybridized carbons (Fsp3) is 0.214. The minimum absolute atomic E-state index is 0.0834. The second-order valence-corrected chi connectivity index (χ2v) is 8.37. The third-order valence-corrected chi connectivity index (χ3v) is 6.00. The zero-order chi connectivity index (χ0) is 24.8. The number of amides is 3. The van der Waals surface area contributed by atoms with Crippen molar-refractivity contribution in [2.45, 2.75) is 25.8 Å². The Labute approximate surface area is 203 Å². The third kappa shape index (κ3) is 5.46. The molecule has 178 valence electrons. The van der Waals surface area contributed by atoms with E-state index in [2.05, 4.69) is 5.32 Å². The van der Waals surface area contributed by atoms with Crippen molar-refractivity contribution in [3.05, 3.63) is 107 Å². The lowest BCUT2D eigenvalue weighted by Crippen LogP contribution is -2.47. The van der Waals surface area contributed by atoms with Gasteiger partial charge in [-0.25, -0.2) is 4.79 Å². The van der Waals surface area contributed by atoms with Crippen LogP contribution in [0.25, 0.3) is 0 Å². The van der Waals surface area contributed by atoms with Crippen molar-refractivity contribution in [2.75, 3.05) is 13.2 Å². The number of fused-ring (bicyclic) bond motifs is 1. The molecule has 7 heteroatoms. The Morgan fingerprint density at radius 2 is 1.46 bits per heavy atom. The maximum atomic E-state index is 13.1. The van der Waals surface area contributed by atoms with Gasteiger partial charge in [-0.2, -0.15) is 0 Å². The summed E-state index contributed by atoms with van der Waals surface area (Å²) in [5, 5.41) is 2.74. The number of hydrogen-bond donors (Lipinski definition) is 1. The van der Waals surface area contributed by atoms with Gasteiger partial charge < -0.3 is 10.1 Å². The SMILES string of the molecule is Cc1ccccc1CCNC(=O)COC(=O)[C@H](Cc1ccccc1)N1C(=O)c2ccccc2C1=O. The number of aryl methyl sites for hydroxylation is 1. The monoisotopic (exact) mass is 470 g/mol. The normalized spacial score (nSPS) is 13.3. The number of carbonyl (C=O) groups is 4. The first-order valence-electron chi connectivity index (χ1n) is 11.4.